The van der Waals surface area contributed by atoms with Crippen molar-refractivity contribution in [3.63, 3.8) is 0 Å². The Morgan fingerprint density at radius 3 is 2.27 bits per heavy atom. The maximum absolute atomic E-state index is 12.7. The van der Waals surface area contributed by atoms with Gasteiger partial charge in [-0.25, -0.2) is 8.42 Å². The average Bonchev–Trinajstić information content (AvgIpc) is 2.46. The molecule has 0 saturated carbocycles. The third-order valence-electron chi connectivity index (χ3n) is 4.47. The molecule has 1 unspecified atom stereocenters. The number of piperazine rings is 1. The lowest BCUT2D eigenvalue weighted by Crippen LogP contribution is -2.57. The van der Waals surface area contributed by atoms with Gasteiger partial charge in [-0.3, -0.25) is 9.69 Å². The summed E-state index contributed by atoms with van der Waals surface area (Å²) in [6.07, 6.45) is 3.63. The molecule has 7 heteroatoms. The Balaban J connectivity index is 1.96. The Kier molecular flexibility index (Phi) is 5.85. The molecule has 2 rings (SSSR count). The fraction of sp³-hybridized carbons (Fsp3) is 0.933. The number of piperidine rings is 1. The van der Waals surface area contributed by atoms with Crippen LogP contribution in [0.5, 0.6) is 0 Å². The van der Waals surface area contributed by atoms with Gasteiger partial charge in [-0.15, -0.1) is 0 Å². The lowest BCUT2D eigenvalue weighted by Gasteiger charge is -2.40. The fourth-order valence-electron chi connectivity index (χ4n) is 3.43. The molecule has 0 bridgehead atoms. The SMILES string of the molecule is CC(C)CN1CCN(C(=O)C2CCCCN2S(C)(=O)=O)CC1. The second-order valence-corrected chi connectivity index (χ2v) is 8.84. The van der Waals surface area contributed by atoms with Gasteiger partial charge in [0, 0.05) is 39.3 Å². The van der Waals surface area contributed by atoms with E-state index in [1.165, 1.54) is 10.6 Å². The topological polar surface area (TPSA) is 60.9 Å². The number of carbonyl (C=O) groups excluding carboxylic acids is 1. The molecule has 22 heavy (non-hydrogen) atoms. The summed E-state index contributed by atoms with van der Waals surface area (Å²) in [5, 5.41) is 0. The van der Waals surface area contributed by atoms with Crippen LogP contribution in [-0.2, 0) is 14.8 Å². The highest BCUT2D eigenvalue weighted by atomic mass is 32.2. The summed E-state index contributed by atoms with van der Waals surface area (Å²) >= 11 is 0. The molecule has 0 spiro atoms. The zero-order valence-corrected chi connectivity index (χ0v) is 14.8. The van der Waals surface area contributed by atoms with Crippen molar-refractivity contribution in [2.45, 2.75) is 39.2 Å². The van der Waals surface area contributed by atoms with Crippen molar-refractivity contribution in [1.82, 2.24) is 14.1 Å². The highest BCUT2D eigenvalue weighted by Crippen LogP contribution is 2.22. The summed E-state index contributed by atoms with van der Waals surface area (Å²) in [5.74, 6) is 0.621. The van der Waals surface area contributed by atoms with E-state index in [1.807, 2.05) is 4.90 Å². The Morgan fingerprint density at radius 1 is 1.09 bits per heavy atom. The third kappa shape index (κ3) is 4.43. The molecule has 2 heterocycles. The number of nitrogens with zero attached hydrogens (tertiary/aromatic N) is 3. The van der Waals surface area contributed by atoms with E-state index < -0.39 is 16.1 Å². The molecule has 2 saturated heterocycles. The molecule has 0 N–H and O–H groups in total. The van der Waals surface area contributed by atoms with Gasteiger partial charge in [-0.2, -0.15) is 4.31 Å². The van der Waals surface area contributed by atoms with Gasteiger partial charge in [-0.1, -0.05) is 20.3 Å². The summed E-state index contributed by atoms with van der Waals surface area (Å²) in [4.78, 5) is 17.0. The van der Waals surface area contributed by atoms with Gasteiger partial charge in [0.1, 0.15) is 6.04 Å². The Bertz CT molecular complexity index is 484. The molecule has 2 fully saturated rings. The first-order valence-corrected chi connectivity index (χ1v) is 10.1. The number of rotatable bonds is 4. The molecule has 1 amide bonds. The number of carbonyl (C=O) groups is 1. The van der Waals surface area contributed by atoms with Gasteiger partial charge in [0.05, 0.1) is 6.26 Å². The molecule has 6 nitrogen and oxygen atoms in total. The minimum atomic E-state index is -3.31. The number of hydrogen-bond donors (Lipinski definition) is 0. The number of sulfonamides is 1. The van der Waals surface area contributed by atoms with Gasteiger partial charge >= 0.3 is 0 Å². The van der Waals surface area contributed by atoms with E-state index in [9.17, 15) is 13.2 Å². The first-order chi connectivity index (χ1) is 10.3. The van der Waals surface area contributed by atoms with Crippen molar-refractivity contribution < 1.29 is 13.2 Å². The minimum absolute atomic E-state index is 0.00526. The van der Waals surface area contributed by atoms with E-state index >= 15 is 0 Å². The van der Waals surface area contributed by atoms with E-state index in [4.69, 9.17) is 0 Å². The lowest BCUT2D eigenvalue weighted by molar-refractivity contribution is -0.138. The molecule has 0 aromatic rings. The van der Waals surface area contributed by atoms with Gasteiger partial charge in [0.2, 0.25) is 15.9 Å². The van der Waals surface area contributed by atoms with Gasteiger partial charge in [-0.05, 0) is 18.8 Å². The zero-order valence-electron chi connectivity index (χ0n) is 14.0. The van der Waals surface area contributed by atoms with Crippen LogP contribution in [0.15, 0.2) is 0 Å². The lowest BCUT2D eigenvalue weighted by atomic mass is 10.0. The minimum Gasteiger partial charge on any atom is -0.339 e. The fourth-order valence-corrected chi connectivity index (χ4v) is 4.55. The number of amides is 1. The Labute approximate surface area is 134 Å². The molecule has 1 atom stereocenters. The summed E-state index contributed by atoms with van der Waals surface area (Å²) in [6, 6.07) is -0.486. The van der Waals surface area contributed by atoms with Crippen LogP contribution in [0, 0.1) is 5.92 Å². The molecule has 0 aromatic heterocycles. The Morgan fingerprint density at radius 2 is 1.73 bits per heavy atom. The van der Waals surface area contributed by atoms with E-state index in [0.29, 0.717) is 32.0 Å². The van der Waals surface area contributed by atoms with Crippen molar-refractivity contribution >= 4 is 15.9 Å². The van der Waals surface area contributed by atoms with Gasteiger partial charge in [0.25, 0.3) is 0 Å². The largest absolute Gasteiger partial charge is 0.339 e. The molecular formula is C15H29N3O3S. The quantitative estimate of drug-likeness (QED) is 0.757. The smallest absolute Gasteiger partial charge is 0.241 e. The van der Waals surface area contributed by atoms with Crippen molar-refractivity contribution in [3.05, 3.63) is 0 Å². The second kappa shape index (κ2) is 7.27. The van der Waals surface area contributed by atoms with Crippen LogP contribution < -0.4 is 0 Å². The standard InChI is InChI=1S/C15H29N3O3S/c1-13(2)12-16-8-10-17(11-9-16)15(19)14-6-4-5-7-18(14)22(3,20)21/h13-14H,4-12H2,1-3H3. The van der Waals surface area contributed by atoms with Crippen LogP contribution in [0.25, 0.3) is 0 Å². The predicted octanol–water partition coefficient (Wildman–Crippen LogP) is 0.601. The van der Waals surface area contributed by atoms with Crippen molar-refractivity contribution in [2.75, 3.05) is 45.5 Å². The summed E-state index contributed by atoms with van der Waals surface area (Å²) in [5.41, 5.74) is 0. The second-order valence-electron chi connectivity index (χ2n) is 6.91. The molecule has 0 radical (unpaired) electrons. The molecule has 0 aromatic carbocycles. The van der Waals surface area contributed by atoms with Crippen molar-refractivity contribution in [1.29, 1.82) is 0 Å². The van der Waals surface area contributed by atoms with Crippen LogP contribution in [0.4, 0.5) is 0 Å². The summed E-state index contributed by atoms with van der Waals surface area (Å²) in [6.45, 7) is 9.11. The zero-order chi connectivity index (χ0) is 16.3. The highest BCUT2D eigenvalue weighted by Gasteiger charge is 2.37. The predicted molar refractivity (Wildman–Crippen MR) is 87.0 cm³/mol. The average molecular weight is 331 g/mol. The summed E-state index contributed by atoms with van der Waals surface area (Å²) < 4.78 is 25.2. The highest BCUT2D eigenvalue weighted by molar-refractivity contribution is 7.88. The van der Waals surface area contributed by atoms with Gasteiger partial charge < -0.3 is 4.90 Å². The van der Waals surface area contributed by atoms with E-state index in [-0.39, 0.29) is 5.91 Å². The third-order valence-corrected chi connectivity index (χ3v) is 5.76. The van der Waals surface area contributed by atoms with E-state index in [0.717, 1.165) is 32.5 Å². The first kappa shape index (κ1) is 17.7. The summed E-state index contributed by atoms with van der Waals surface area (Å²) in [7, 11) is -3.31. The monoisotopic (exact) mass is 331 g/mol. The van der Waals surface area contributed by atoms with Crippen molar-refractivity contribution in [3.8, 4) is 0 Å². The van der Waals surface area contributed by atoms with E-state index in [2.05, 4.69) is 18.7 Å². The van der Waals surface area contributed by atoms with Crippen LogP contribution in [0.3, 0.4) is 0 Å². The van der Waals surface area contributed by atoms with Crippen LogP contribution in [-0.4, -0.2) is 80.0 Å². The maximum atomic E-state index is 12.7. The van der Waals surface area contributed by atoms with Crippen LogP contribution in [0.2, 0.25) is 0 Å². The van der Waals surface area contributed by atoms with Crippen LogP contribution >= 0.6 is 0 Å². The molecule has 2 aliphatic rings. The van der Waals surface area contributed by atoms with Crippen molar-refractivity contribution in [2.24, 2.45) is 5.92 Å². The molecule has 128 valence electrons. The molecule has 2 aliphatic heterocycles. The Hall–Kier alpha value is -0.660. The molecule has 0 aliphatic carbocycles. The maximum Gasteiger partial charge on any atom is 0.241 e. The molecular weight excluding hydrogens is 302 g/mol. The van der Waals surface area contributed by atoms with Gasteiger partial charge in [0.15, 0.2) is 0 Å². The first-order valence-electron chi connectivity index (χ1n) is 8.27. The van der Waals surface area contributed by atoms with E-state index in [1.54, 1.807) is 0 Å². The van der Waals surface area contributed by atoms with Crippen LogP contribution in [0.1, 0.15) is 33.1 Å². The normalized spacial score (nSPS) is 25.6. The number of hydrogen-bond acceptors (Lipinski definition) is 4.